The third-order valence-electron chi connectivity index (χ3n) is 5.00. The van der Waals surface area contributed by atoms with E-state index in [-0.39, 0.29) is 47.6 Å². The van der Waals surface area contributed by atoms with Crippen LogP contribution in [0.2, 0.25) is 0 Å². The van der Waals surface area contributed by atoms with Crippen LogP contribution in [0.25, 0.3) is 0 Å². The van der Waals surface area contributed by atoms with Crippen LogP contribution in [-0.4, -0.2) is 49.6 Å². The third kappa shape index (κ3) is 6.24. The average Bonchev–Trinajstić information content (AvgIpc) is 2.72. The van der Waals surface area contributed by atoms with Crippen molar-refractivity contribution >= 4 is 43.6 Å². The van der Waals surface area contributed by atoms with Gasteiger partial charge >= 0.3 is 12.3 Å². The number of likely N-dealkylation sites (tertiary alicyclic amines) is 1. The molecule has 2 aromatic rings. The lowest BCUT2D eigenvalue weighted by Crippen LogP contribution is -2.46. The topological polar surface area (TPSA) is 116 Å². The molecule has 0 unspecified atom stereocenters. The molecule has 2 amide bonds. The van der Waals surface area contributed by atoms with Crippen molar-refractivity contribution in [1.82, 2.24) is 9.62 Å². The van der Waals surface area contributed by atoms with Gasteiger partial charge < -0.3 is 10.0 Å². The molecule has 0 atom stereocenters. The Bertz CT molecular complexity index is 1170. The Morgan fingerprint density at radius 3 is 2.36 bits per heavy atom. The fourth-order valence-corrected chi connectivity index (χ4v) is 5.35. The van der Waals surface area contributed by atoms with Crippen LogP contribution in [0.3, 0.4) is 0 Å². The predicted octanol–water partition coefficient (Wildman–Crippen LogP) is 4.14. The minimum absolute atomic E-state index is 0.100. The molecule has 13 heteroatoms. The van der Waals surface area contributed by atoms with Crippen LogP contribution in [-0.2, 0) is 16.2 Å². The zero-order valence-electron chi connectivity index (χ0n) is 16.9. The Morgan fingerprint density at radius 1 is 1.09 bits per heavy atom. The number of halogens is 4. The molecule has 0 aliphatic carbocycles. The van der Waals surface area contributed by atoms with E-state index in [4.69, 9.17) is 5.11 Å². The normalized spacial score (nSPS) is 15.3. The number of hydrogen-bond donors (Lipinski definition) is 3. The number of nitrogens with one attached hydrogen (secondary N) is 2. The molecule has 178 valence electrons. The van der Waals surface area contributed by atoms with E-state index in [1.807, 2.05) is 0 Å². The smallest absolute Gasteiger partial charge is 0.417 e. The van der Waals surface area contributed by atoms with Crippen LogP contribution >= 0.6 is 15.9 Å². The van der Waals surface area contributed by atoms with Crippen molar-refractivity contribution in [1.29, 1.82) is 0 Å². The van der Waals surface area contributed by atoms with Gasteiger partial charge in [0.25, 0.3) is 5.91 Å². The molecule has 1 aliphatic rings. The van der Waals surface area contributed by atoms with Crippen molar-refractivity contribution in [3.63, 3.8) is 0 Å². The zero-order chi connectivity index (χ0) is 24.4. The lowest BCUT2D eigenvalue weighted by molar-refractivity contribution is -0.139. The van der Waals surface area contributed by atoms with Crippen LogP contribution in [0, 0.1) is 0 Å². The van der Waals surface area contributed by atoms with E-state index in [0.29, 0.717) is 6.07 Å². The number of anilines is 1. The van der Waals surface area contributed by atoms with E-state index in [9.17, 15) is 31.2 Å². The third-order valence-corrected chi connectivity index (χ3v) is 7.07. The molecule has 0 saturated carbocycles. The number of carbonyl (C=O) groups excluding carboxylic acids is 1. The van der Waals surface area contributed by atoms with Gasteiger partial charge in [0.2, 0.25) is 10.0 Å². The molecule has 3 rings (SSSR count). The van der Waals surface area contributed by atoms with Crippen LogP contribution in [0.5, 0.6) is 0 Å². The summed E-state index contributed by atoms with van der Waals surface area (Å²) in [5.41, 5.74) is -0.789. The molecule has 0 spiro atoms. The zero-order valence-corrected chi connectivity index (χ0v) is 19.3. The number of benzene rings is 2. The minimum atomic E-state index is -4.85. The standard InChI is InChI=1S/C20H19BrF3N3O5S/c21-13-4-5-17(16(11-13)20(22,23)24)33(31,32)26-14-6-8-27(9-7-14)18(28)12-2-1-3-15(10-12)25-19(29)30/h1-5,10-11,14,25-26H,6-9H2,(H,29,30). The number of carboxylic acid groups (broad SMARTS) is 1. The second-order valence-electron chi connectivity index (χ2n) is 7.34. The Labute approximate surface area is 196 Å². The molecule has 8 nitrogen and oxygen atoms in total. The van der Waals surface area contributed by atoms with Gasteiger partial charge in [-0.1, -0.05) is 22.0 Å². The van der Waals surface area contributed by atoms with Crippen molar-refractivity contribution in [3.8, 4) is 0 Å². The van der Waals surface area contributed by atoms with Crippen molar-refractivity contribution in [2.45, 2.75) is 30.0 Å². The largest absolute Gasteiger partial charge is 0.465 e. The molecule has 3 N–H and O–H groups in total. The first kappa shape index (κ1) is 25.0. The summed E-state index contributed by atoms with van der Waals surface area (Å²) in [4.78, 5) is 24.1. The fraction of sp³-hybridized carbons (Fsp3) is 0.300. The minimum Gasteiger partial charge on any atom is -0.465 e. The first-order chi connectivity index (χ1) is 15.4. The second kappa shape index (κ2) is 9.69. The second-order valence-corrected chi connectivity index (χ2v) is 9.94. The van der Waals surface area contributed by atoms with E-state index < -0.39 is 38.8 Å². The first-order valence-electron chi connectivity index (χ1n) is 9.65. The predicted molar refractivity (Wildman–Crippen MR) is 116 cm³/mol. The van der Waals surface area contributed by atoms with E-state index >= 15 is 0 Å². The number of alkyl halides is 3. The average molecular weight is 550 g/mol. The summed E-state index contributed by atoms with van der Waals surface area (Å²) in [7, 11) is -4.46. The SMILES string of the molecule is O=C(O)Nc1cccc(C(=O)N2CCC(NS(=O)(=O)c3ccc(Br)cc3C(F)(F)F)CC2)c1. The van der Waals surface area contributed by atoms with Crippen LogP contribution < -0.4 is 10.0 Å². The lowest BCUT2D eigenvalue weighted by Gasteiger charge is -2.32. The van der Waals surface area contributed by atoms with Crippen LogP contribution in [0.4, 0.5) is 23.7 Å². The number of rotatable bonds is 5. The van der Waals surface area contributed by atoms with Crippen molar-refractivity contribution in [2.24, 2.45) is 0 Å². The first-order valence-corrected chi connectivity index (χ1v) is 11.9. The maximum absolute atomic E-state index is 13.3. The number of nitrogens with zero attached hydrogens (tertiary/aromatic N) is 1. The van der Waals surface area contributed by atoms with E-state index in [1.165, 1.54) is 35.2 Å². The molecule has 0 bridgehead atoms. The molecular weight excluding hydrogens is 531 g/mol. The number of hydrogen-bond acceptors (Lipinski definition) is 4. The molecule has 1 heterocycles. The number of piperidine rings is 1. The Kier molecular flexibility index (Phi) is 7.34. The fourth-order valence-electron chi connectivity index (χ4n) is 3.48. The summed E-state index contributed by atoms with van der Waals surface area (Å²) >= 11 is 2.92. The molecule has 2 aromatic carbocycles. The highest BCUT2D eigenvalue weighted by molar-refractivity contribution is 9.10. The van der Waals surface area contributed by atoms with Crippen molar-refractivity contribution in [2.75, 3.05) is 18.4 Å². The van der Waals surface area contributed by atoms with Gasteiger partial charge in [0.05, 0.1) is 10.5 Å². The Hall–Kier alpha value is -2.64. The summed E-state index contributed by atoms with van der Waals surface area (Å²) in [5.74, 6) is -0.363. The highest BCUT2D eigenvalue weighted by atomic mass is 79.9. The van der Waals surface area contributed by atoms with Gasteiger partial charge in [0.1, 0.15) is 0 Å². The van der Waals surface area contributed by atoms with Gasteiger partial charge in [-0.05, 0) is 49.2 Å². The number of sulfonamides is 1. The Balaban J connectivity index is 1.67. The number of amides is 2. The van der Waals surface area contributed by atoms with E-state index in [1.54, 1.807) is 0 Å². The quantitative estimate of drug-likeness (QED) is 0.518. The summed E-state index contributed by atoms with van der Waals surface area (Å²) in [6.45, 7) is 0.351. The van der Waals surface area contributed by atoms with Gasteiger partial charge in [0, 0.05) is 34.9 Å². The summed E-state index contributed by atoms with van der Waals surface area (Å²) in [6, 6.07) is 8.10. The van der Waals surface area contributed by atoms with Gasteiger partial charge in [-0.3, -0.25) is 10.1 Å². The molecule has 33 heavy (non-hydrogen) atoms. The molecule has 1 fully saturated rings. The maximum atomic E-state index is 13.3. The van der Waals surface area contributed by atoms with Gasteiger partial charge in [-0.25, -0.2) is 17.9 Å². The molecule has 0 aromatic heterocycles. The maximum Gasteiger partial charge on any atom is 0.417 e. The van der Waals surface area contributed by atoms with Crippen LogP contribution in [0.1, 0.15) is 28.8 Å². The monoisotopic (exact) mass is 549 g/mol. The van der Waals surface area contributed by atoms with Gasteiger partial charge in [-0.2, -0.15) is 13.2 Å². The lowest BCUT2D eigenvalue weighted by atomic mass is 10.0. The summed E-state index contributed by atoms with van der Waals surface area (Å²) in [5, 5.41) is 11.0. The highest BCUT2D eigenvalue weighted by Gasteiger charge is 2.38. The van der Waals surface area contributed by atoms with E-state index in [2.05, 4.69) is 26.0 Å². The summed E-state index contributed by atoms with van der Waals surface area (Å²) < 4.78 is 67.8. The van der Waals surface area contributed by atoms with E-state index in [0.717, 1.165) is 6.07 Å². The molecule has 1 aliphatic heterocycles. The van der Waals surface area contributed by atoms with Crippen LogP contribution in [0.15, 0.2) is 51.8 Å². The van der Waals surface area contributed by atoms with Crippen molar-refractivity contribution < 1.29 is 36.3 Å². The van der Waals surface area contributed by atoms with Gasteiger partial charge in [-0.15, -0.1) is 0 Å². The number of carbonyl (C=O) groups is 2. The highest BCUT2D eigenvalue weighted by Crippen LogP contribution is 2.36. The van der Waals surface area contributed by atoms with Gasteiger partial charge in [0.15, 0.2) is 0 Å². The molecular formula is C20H19BrF3N3O5S. The Morgan fingerprint density at radius 2 is 1.76 bits per heavy atom. The van der Waals surface area contributed by atoms with Crippen molar-refractivity contribution in [3.05, 3.63) is 58.1 Å². The summed E-state index contributed by atoms with van der Waals surface area (Å²) in [6.07, 6.45) is -5.72. The molecule has 0 radical (unpaired) electrons. The molecule has 1 saturated heterocycles.